The van der Waals surface area contributed by atoms with Crippen LogP contribution in [0.3, 0.4) is 0 Å². The second kappa shape index (κ2) is 4.72. The Morgan fingerprint density at radius 1 is 1.47 bits per heavy atom. The summed E-state index contributed by atoms with van der Waals surface area (Å²) in [5, 5.41) is 0. The molecule has 1 unspecified atom stereocenters. The predicted molar refractivity (Wildman–Crippen MR) is 71.8 cm³/mol. The maximum absolute atomic E-state index is 6.12. The van der Waals surface area contributed by atoms with E-state index in [1.807, 2.05) is 25.1 Å². The summed E-state index contributed by atoms with van der Waals surface area (Å²) in [6, 6.07) is 8.12. The van der Waals surface area contributed by atoms with Gasteiger partial charge in [-0.2, -0.15) is 0 Å². The first kappa shape index (κ1) is 11.9. The monoisotopic (exact) mass is 229 g/mol. The van der Waals surface area contributed by atoms with Crippen LogP contribution in [-0.4, -0.2) is 9.55 Å². The SMILES string of the molecule is C=C(C)Cn1c(C(N)CC)nc2ccccc21. The molecule has 90 valence electrons. The number of rotatable bonds is 4. The Bertz CT molecular complexity index is 539. The standard InChI is InChI=1S/C14H19N3/c1-4-11(15)14-16-12-7-5-6-8-13(12)17(14)9-10(2)3/h5-8,11H,2,4,9,15H2,1,3H3. The van der Waals surface area contributed by atoms with Gasteiger partial charge in [0.25, 0.3) is 0 Å². The van der Waals surface area contributed by atoms with Crippen LogP contribution >= 0.6 is 0 Å². The van der Waals surface area contributed by atoms with Crippen LogP contribution in [0.4, 0.5) is 0 Å². The van der Waals surface area contributed by atoms with Crippen LogP contribution in [0.5, 0.6) is 0 Å². The summed E-state index contributed by atoms with van der Waals surface area (Å²) in [7, 11) is 0. The fourth-order valence-corrected chi connectivity index (χ4v) is 2.00. The summed E-state index contributed by atoms with van der Waals surface area (Å²) in [6.07, 6.45) is 0.888. The minimum absolute atomic E-state index is 0.0123. The number of fused-ring (bicyclic) bond motifs is 1. The Labute approximate surface area is 102 Å². The number of benzene rings is 1. The van der Waals surface area contributed by atoms with E-state index in [9.17, 15) is 0 Å². The minimum atomic E-state index is -0.0123. The fourth-order valence-electron chi connectivity index (χ4n) is 2.00. The van der Waals surface area contributed by atoms with E-state index in [1.165, 1.54) is 0 Å². The lowest BCUT2D eigenvalue weighted by Gasteiger charge is -2.13. The topological polar surface area (TPSA) is 43.8 Å². The van der Waals surface area contributed by atoms with Crippen molar-refractivity contribution in [3.8, 4) is 0 Å². The van der Waals surface area contributed by atoms with E-state index in [1.54, 1.807) is 0 Å². The average molecular weight is 229 g/mol. The van der Waals surface area contributed by atoms with Crippen molar-refractivity contribution in [2.24, 2.45) is 5.73 Å². The number of allylic oxidation sites excluding steroid dienone is 1. The number of para-hydroxylation sites is 2. The molecule has 2 rings (SSSR count). The summed E-state index contributed by atoms with van der Waals surface area (Å²) in [5.41, 5.74) is 9.37. The third-order valence-electron chi connectivity index (χ3n) is 2.88. The highest BCUT2D eigenvalue weighted by molar-refractivity contribution is 5.76. The van der Waals surface area contributed by atoms with E-state index in [0.717, 1.165) is 35.4 Å². The average Bonchev–Trinajstić information content (AvgIpc) is 2.67. The first-order chi connectivity index (χ1) is 8.13. The molecule has 0 aliphatic rings. The first-order valence-electron chi connectivity index (χ1n) is 5.98. The van der Waals surface area contributed by atoms with E-state index in [2.05, 4.69) is 29.1 Å². The highest BCUT2D eigenvalue weighted by atomic mass is 15.1. The van der Waals surface area contributed by atoms with Crippen LogP contribution in [0.25, 0.3) is 11.0 Å². The molecule has 0 amide bonds. The van der Waals surface area contributed by atoms with Crippen molar-refractivity contribution >= 4 is 11.0 Å². The molecule has 17 heavy (non-hydrogen) atoms. The number of aromatic nitrogens is 2. The van der Waals surface area contributed by atoms with Gasteiger partial charge in [-0.25, -0.2) is 4.98 Å². The fraction of sp³-hybridized carbons (Fsp3) is 0.357. The van der Waals surface area contributed by atoms with Gasteiger partial charge in [0.2, 0.25) is 0 Å². The smallest absolute Gasteiger partial charge is 0.127 e. The third kappa shape index (κ3) is 2.24. The second-order valence-corrected chi connectivity index (χ2v) is 4.52. The number of nitrogens with zero attached hydrogens (tertiary/aromatic N) is 2. The second-order valence-electron chi connectivity index (χ2n) is 4.52. The number of imidazole rings is 1. The molecule has 3 nitrogen and oxygen atoms in total. The van der Waals surface area contributed by atoms with Crippen molar-refractivity contribution in [1.29, 1.82) is 0 Å². The molecular formula is C14H19N3. The molecule has 1 aromatic carbocycles. The third-order valence-corrected chi connectivity index (χ3v) is 2.88. The summed E-state index contributed by atoms with van der Waals surface area (Å²) < 4.78 is 2.17. The lowest BCUT2D eigenvalue weighted by atomic mass is 10.2. The van der Waals surface area contributed by atoms with Gasteiger partial charge in [0.1, 0.15) is 5.82 Å². The zero-order valence-corrected chi connectivity index (χ0v) is 10.5. The van der Waals surface area contributed by atoms with Gasteiger partial charge in [0, 0.05) is 6.54 Å². The van der Waals surface area contributed by atoms with Crippen LogP contribution in [0.15, 0.2) is 36.4 Å². The molecule has 0 aliphatic carbocycles. The van der Waals surface area contributed by atoms with Crippen molar-refractivity contribution in [1.82, 2.24) is 9.55 Å². The highest BCUT2D eigenvalue weighted by Gasteiger charge is 2.15. The summed E-state index contributed by atoms with van der Waals surface area (Å²) >= 11 is 0. The van der Waals surface area contributed by atoms with E-state index in [-0.39, 0.29) is 6.04 Å². The molecule has 1 aromatic heterocycles. The van der Waals surface area contributed by atoms with Gasteiger partial charge < -0.3 is 10.3 Å². The summed E-state index contributed by atoms with van der Waals surface area (Å²) in [4.78, 5) is 4.63. The number of nitrogens with two attached hydrogens (primary N) is 1. The molecule has 0 spiro atoms. The van der Waals surface area contributed by atoms with Gasteiger partial charge in [-0.05, 0) is 25.5 Å². The molecule has 0 fully saturated rings. The molecule has 1 atom stereocenters. The minimum Gasteiger partial charge on any atom is -0.323 e. The maximum atomic E-state index is 6.12. The lowest BCUT2D eigenvalue weighted by Crippen LogP contribution is -2.16. The Kier molecular flexibility index (Phi) is 3.29. The zero-order chi connectivity index (χ0) is 12.4. The number of hydrogen-bond acceptors (Lipinski definition) is 2. The molecule has 0 saturated heterocycles. The molecule has 2 aromatic rings. The van der Waals surface area contributed by atoms with Crippen molar-refractivity contribution in [2.45, 2.75) is 32.9 Å². The predicted octanol–water partition coefficient (Wildman–Crippen LogP) is 3.02. The Hall–Kier alpha value is -1.61. The van der Waals surface area contributed by atoms with Crippen LogP contribution in [-0.2, 0) is 6.54 Å². The van der Waals surface area contributed by atoms with Crippen LogP contribution in [0.1, 0.15) is 32.1 Å². The molecule has 3 heteroatoms. The van der Waals surface area contributed by atoms with Crippen LogP contribution in [0, 0.1) is 0 Å². The Morgan fingerprint density at radius 3 is 2.82 bits per heavy atom. The van der Waals surface area contributed by atoms with Gasteiger partial charge in [0.15, 0.2) is 0 Å². The molecule has 0 aliphatic heterocycles. The molecule has 0 saturated carbocycles. The summed E-state index contributed by atoms with van der Waals surface area (Å²) in [6.45, 7) is 8.86. The lowest BCUT2D eigenvalue weighted by molar-refractivity contribution is 0.603. The van der Waals surface area contributed by atoms with Crippen molar-refractivity contribution in [3.05, 3.63) is 42.2 Å². The van der Waals surface area contributed by atoms with Crippen LogP contribution < -0.4 is 5.73 Å². The molecule has 1 heterocycles. The molecule has 0 radical (unpaired) electrons. The van der Waals surface area contributed by atoms with Gasteiger partial charge >= 0.3 is 0 Å². The van der Waals surface area contributed by atoms with E-state index in [0.29, 0.717) is 0 Å². The largest absolute Gasteiger partial charge is 0.323 e. The normalized spacial score (nSPS) is 12.9. The zero-order valence-electron chi connectivity index (χ0n) is 10.5. The van der Waals surface area contributed by atoms with Crippen molar-refractivity contribution in [2.75, 3.05) is 0 Å². The van der Waals surface area contributed by atoms with Crippen LogP contribution in [0.2, 0.25) is 0 Å². The molecule has 0 bridgehead atoms. The van der Waals surface area contributed by atoms with E-state index in [4.69, 9.17) is 5.73 Å². The summed E-state index contributed by atoms with van der Waals surface area (Å²) in [5.74, 6) is 0.955. The maximum Gasteiger partial charge on any atom is 0.127 e. The number of hydrogen-bond donors (Lipinski definition) is 1. The van der Waals surface area contributed by atoms with Gasteiger partial charge in [0.05, 0.1) is 17.1 Å². The van der Waals surface area contributed by atoms with Gasteiger partial charge in [-0.1, -0.05) is 31.2 Å². The highest BCUT2D eigenvalue weighted by Crippen LogP contribution is 2.22. The van der Waals surface area contributed by atoms with Crippen molar-refractivity contribution < 1.29 is 0 Å². The molecular weight excluding hydrogens is 210 g/mol. The van der Waals surface area contributed by atoms with Gasteiger partial charge in [-0.3, -0.25) is 0 Å². The Morgan fingerprint density at radius 2 is 2.18 bits per heavy atom. The Balaban J connectivity index is 2.60. The van der Waals surface area contributed by atoms with Gasteiger partial charge in [-0.15, -0.1) is 0 Å². The van der Waals surface area contributed by atoms with E-state index >= 15 is 0 Å². The first-order valence-corrected chi connectivity index (χ1v) is 5.98. The quantitative estimate of drug-likeness (QED) is 0.819. The molecule has 2 N–H and O–H groups in total. The van der Waals surface area contributed by atoms with Crippen molar-refractivity contribution in [3.63, 3.8) is 0 Å². The van der Waals surface area contributed by atoms with E-state index < -0.39 is 0 Å².